The van der Waals surface area contributed by atoms with Crippen LogP contribution >= 0.6 is 0 Å². The van der Waals surface area contributed by atoms with E-state index in [0.29, 0.717) is 41.4 Å². The van der Waals surface area contributed by atoms with Gasteiger partial charge in [-0.3, -0.25) is 14.6 Å². The number of carbonyl (C=O) groups excluding carboxylic acids is 2. The van der Waals surface area contributed by atoms with Gasteiger partial charge < -0.3 is 15.0 Å². The second kappa shape index (κ2) is 8.80. The lowest BCUT2D eigenvalue weighted by atomic mass is 9.84. The molecule has 1 aromatic rings. The Morgan fingerprint density at radius 1 is 1.31 bits per heavy atom. The van der Waals surface area contributed by atoms with E-state index in [0.717, 1.165) is 6.42 Å². The summed E-state index contributed by atoms with van der Waals surface area (Å²) in [5.41, 5.74) is 2.34. The van der Waals surface area contributed by atoms with Crippen LogP contribution in [0.3, 0.4) is 0 Å². The Balaban J connectivity index is 1.78. The summed E-state index contributed by atoms with van der Waals surface area (Å²) >= 11 is 0. The fourth-order valence-electron chi connectivity index (χ4n) is 3.76. The maximum absolute atomic E-state index is 13.0. The molecular weight excluding hydrogens is 366 g/mol. The molecule has 0 aromatic heterocycles. The van der Waals surface area contributed by atoms with Crippen molar-refractivity contribution in [3.8, 4) is 5.75 Å². The molecule has 6 nitrogen and oxygen atoms in total. The minimum absolute atomic E-state index is 0.0918. The van der Waals surface area contributed by atoms with Crippen molar-refractivity contribution in [1.82, 2.24) is 5.32 Å². The van der Waals surface area contributed by atoms with Gasteiger partial charge in [0.05, 0.1) is 5.69 Å². The number of likely N-dealkylation sites (N-methyl/N-ethyl adjacent to an activating group) is 1. The fourth-order valence-corrected chi connectivity index (χ4v) is 3.76. The molecule has 1 unspecified atom stereocenters. The Hall–Kier alpha value is -2.63. The molecular formula is C23H31N3O3. The van der Waals surface area contributed by atoms with Gasteiger partial charge in [0.2, 0.25) is 0 Å². The lowest BCUT2D eigenvalue weighted by molar-refractivity contribution is -0.124. The van der Waals surface area contributed by atoms with Crippen molar-refractivity contribution in [2.24, 2.45) is 22.7 Å². The van der Waals surface area contributed by atoms with Gasteiger partial charge >= 0.3 is 0 Å². The van der Waals surface area contributed by atoms with Crippen LogP contribution in [0.1, 0.15) is 34.1 Å². The molecule has 0 saturated heterocycles. The van der Waals surface area contributed by atoms with Crippen molar-refractivity contribution in [3.63, 3.8) is 0 Å². The van der Waals surface area contributed by atoms with E-state index >= 15 is 0 Å². The maximum atomic E-state index is 13.0. The van der Waals surface area contributed by atoms with E-state index in [-0.39, 0.29) is 18.4 Å². The molecule has 6 heteroatoms. The summed E-state index contributed by atoms with van der Waals surface area (Å²) in [5.74, 6) is 1.35. The van der Waals surface area contributed by atoms with Gasteiger partial charge in [0.1, 0.15) is 24.1 Å². The Labute approximate surface area is 173 Å². The first-order chi connectivity index (χ1) is 13.8. The van der Waals surface area contributed by atoms with E-state index in [1.54, 1.807) is 7.05 Å². The molecule has 1 aromatic carbocycles. The third kappa shape index (κ3) is 4.69. The van der Waals surface area contributed by atoms with E-state index in [4.69, 9.17) is 4.74 Å². The molecule has 0 spiro atoms. The highest BCUT2D eigenvalue weighted by Gasteiger charge is 2.32. The third-order valence-electron chi connectivity index (χ3n) is 5.75. The summed E-state index contributed by atoms with van der Waals surface area (Å²) in [4.78, 5) is 32.0. The molecule has 0 saturated carbocycles. The molecule has 2 aliphatic rings. The standard InChI is InChI=1S/C23H31N3O3/c1-14(2)10-17-11-18(24-12-15(3)16(17)4)22(27)25-19-13-29-21-9-7-6-8-20(21)26(5)23(19)28/h6-9,11,14-16,19H,10,12-13H2,1-5H3,(H,25,27)/t15-,16?,19+/m1/s1. The number of aliphatic imine (C=N–C) groups is 1. The highest BCUT2D eigenvalue weighted by atomic mass is 16.5. The summed E-state index contributed by atoms with van der Waals surface area (Å²) < 4.78 is 5.79. The van der Waals surface area contributed by atoms with Crippen molar-refractivity contribution < 1.29 is 14.3 Å². The fraction of sp³-hybridized carbons (Fsp3) is 0.522. The largest absolute Gasteiger partial charge is 0.489 e. The van der Waals surface area contributed by atoms with Crippen molar-refractivity contribution in [3.05, 3.63) is 35.9 Å². The minimum Gasteiger partial charge on any atom is -0.489 e. The van der Waals surface area contributed by atoms with Crippen LogP contribution in [0, 0.1) is 17.8 Å². The second-order valence-corrected chi connectivity index (χ2v) is 8.51. The molecule has 2 heterocycles. The molecule has 2 aliphatic heterocycles. The Morgan fingerprint density at radius 2 is 2.03 bits per heavy atom. The van der Waals surface area contributed by atoms with E-state index < -0.39 is 6.04 Å². The van der Waals surface area contributed by atoms with Crippen molar-refractivity contribution in [1.29, 1.82) is 0 Å². The first-order valence-corrected chi connectivity index (χ1v) is 10.3. The SMILES string of the molecule is CC(C)CC1=CC(C(=O)N[C@H]2COc3ccccc3N(C)C2=O)=NC[C@@H](C)C1C. The Morgan fingerprint density at radius 3 is 2.76 bits per heavy atom. The highest BCUT2D eigenvalue weighted by Crippen LogP contribution is 2.30. The zero-order chi connectivity index (χ0) is 21.1. The van der Waals surface area contributed by atoms with Crippen LogP contribution in [0.15, 0.2) is 40.9 Å². The number of nitrogens with zero attached hydrogens (tertiary/aromatic N) is 2. The monoisotopic (exact) mass is 397 g/mol. The lowest BCUT2D eigenvalue weighted by Crippen LogP contribution is -2.51. The van der Waals surface area contributed by atoms with Crippen LogP contribution < -0.4 is 15.0 Å². The number of benzene rings is 1. The summed E-state index contributed by atoms with van der Waals surface area (Å²) in [5, 5.41) is 2.84. The van der Waals surface area contributed by atoms with Crippen LogP contribution in [0.4, 0.5) is 5.69 Å². The number of para-hydroxylation sites is 2. The molecule has 0 fully saturated rings. The molecule has 3 atom stereocenters. The summed E-state index contributed by atoms with van der Waals surface area (Å²) in [6.07, 6.45) is 2.85. The van der Waals surface area contributed by atoms with E-state index in [9.17, 15) is 9.59 Å². The molecule has 2 amide bonds. The normalized spacial score (nSPS) is 24.7. The molecule has 0 bridgehead atoms. The highest BCUT2D eigenvalue weighted by molar-refractivity contribution is 6.44. The zero-order valence-electron chi connectivity index (χ0n) is 17.9. The van der Waals surface area contributed by atoms with Crippen LogP contribution in [0.25, 0.3) is 0 Å². The molecule has 3 rings (SSSR count). The maximum Gasteiger partial charge on any atom is 0.270 e. The van der Waals surface area contributed by atoms with Gasteiger partial charge in [0, 0.05) is 13.6 Å². The van der Waals surface area contributed by atoms with Crippen molar-refractivity contribution in [2.75, 3.05) is 25.1 Å². The first kappa shape index (κ1) is 21.1. The van der Waals surface area contributed by atoms with Gasteiger partial charge in [-0.1, -0.05) is 45.4 Å². The number of hydrogen-bond donors (Lipinski definition) is 1. The number of rotatable bonds is 4. The van der Waals surface area contributed by atoms with Crippen LogP contribution in [-0.2, 0) is 9.59 Å². The number of amides is 2. The number of nitrogens with one attached hydrogen (secondary N) is 1. The van der Waals surface area contributed by atoms with Gasteiger partial charge in [-0.2, -0.15) is 0 Å². The topological polar surface area (TPSA) is 71.0 Å². The Bertz CT molecular complexity index is 844. The molecule has 1 N–H and O–H groups in total. The van der Waals surface area contributed by atoms with Crippen molar-refractivity contribution >= 4 is 23.2 Å². The Kier molecular flexibility index (Phi) is 6.40. The smallest absolute Gasteiger partial charge is 0.270 e. The molecule has 0 radical (unpaired) electrons. The number of fused-ring (bicyclic) bond motifs is 1. The van der Waals surface area contributed by atoms with Crippen molar-refractivity contribution in [2.45, 2.75) is 40.2 Å². The first-order valence-electron chi connectivity index (χ1n) is 10.3. The molecule has 29 heavy (non-hydrogen) atoms. The van der Waals surface area contributed by atoms with E-state index in [2.05, 4.69) is 38.0 Å². The third-order valence-corrected chi connectivity index (χ3v) is 5.75. The molecule has 0 aliphatic carbocycles. The number of allylic oxidation sites excluding steroid dienone is 1. The number of hydrogen-bond acceptors (Lipinski definition) is 4. The predicted octanol–water partition coefficient (Wildman–Crippen LogP) is 3.23. The van der Waals surface area contributed by atoms with Gasteiger partial charge in [-0.15, -0.1) is 0 Å². The van der Waals surface area contributed by atoms with Gasteiger partial charge in [0.15, 0.2) is 0 Å². The second-order valence-electron chi connectivity index (χ2n) is 8.51. The number of carbonyl (C=O) groups is 2. The van der Waals surface area contributed by atoms with Gasteiger partial charge in [-0.05, 0) is 42.4 Å². The van der Waals surface area contributed by atoms with E-state index in [1.807, 2.05) is 30.3 Å². The molecule has 156 valence electrons. The van der Waals surface area contributed by atoms with Crippen LogP contribution in [-0.4, -0.2) is 43.8 Å². The minimum atomic E-state index is -0.761. The number of ether oxygens (including phenoxy) is 1. The quantitative estimate of drug-likeness (QED) is 0.848. The lowest BCUT2D eigenvalue weighted by Gasteiger charge is -2.21. The van der Waals surface area contributed by atoms with E-state index in [1.165, 1.54) is 10.5 Å². The zero-order valence-corrected chi connectivity index (χ0v) is 17.9. The average molecular weight is 398 g/mol. The van der Waals surface area contributed by atoms with Crippen LogP contribution in [0.2, 0.25) is 0 Å². The van der Waals surface area contributed by atoms with Gasteiger partial charge in [0.25, 0.3) is 11.8 Å². The van der Waals surface area contributed by atoms with Crippen LogP contribution in [0.5, 0.6) is 5.75 Å². The number of anilines is 1. The van der Waals surface area contributed by atoms with Gasteiger partial charge in [-0.25, -0.2) is 0 Å². The summed E-state index contributed by atoms with van der Waals surface area (Å²) in [6.45, 7) is 9.41. The summed E-state index contributed by atoms with van der Waals surface area (Å²) in [6, 6.07) is 6.61. The predicted molar refractivity (Wildman–Crippen MR) is 115 cm³/mol. The average Bonchev–Trinajstić information content (AvgIpc) is 2.90. The summed E-state index contributed by atoms with van der Waals surface area (Å²) in [7, 11) is 1.70.